The topological polar surface area (TPSA) is 76.1 Å². The van der Waals surface area contributed by atoms with E-state index in [1.165, 1.54) is 0 Å². The lowest BCUT2D eigenvalue weighted by atomic mass is 10.1. The number of anilines is 1. The summed E-state index contributed by atoms with van der Waals surface area (Å²) in [6, 6.07) is 12.3. The molecule has 1 heterocycles. The summed E-state index contributed by atoms with van der Waals surface area (Å²) in [6.45, 7) is -0.164. The minimum Gasteiger partial charge on any atom is -0.475 e. The van der Waals surface area contributed by atoms with E-state index in [0.29, 0.717) is 17.8 Å². The molecule has 2 N–H and O–H groups in total. The maximum atomic E-state index is 12.9. The van der Waals surface area contributed by atoms with Crippen molar-refractivity contribution in [2.45, 2.75) is 12.4 Å². The Hall–Kier alpha value is -3.83. The van der Waals surface area contributed by atoms with E-state index >= 15 is 0 Å². The summed E-state index contributed by atoms with van der Waals surface area (Å²) in [4.78, 5) is 11.9. The zero-order valence-corrected chi connectivity index (χ0v) is 16.7. The molecule has 174 valence electrons. The molecule has 0 aliphatic carbocycles. The van der Waals surface area contributed by atoms with Crippen molar-refractivity contribution in [3.05, 3.63) is 71.8 Å². The van der Waals surface area contributed by atoms with Crippen LogP contribution in [0.5, 0.6) is 5.88 Å². The number of ether oxygens (including phenoxy) is 1. The average molecular weight is 470 g/mol. The minimum absolute atomic E-state index is 0.0268. The summed E-state index contributed by atoms with van der Waals surface area (Å²) in [6.07, 6.45) is -10.0. The maximum Gasteiger partial charge on any atom is 0.416 e. The van der Waals surface area contributed by atoms with Gasteiger partial charge in [0, 0.05) is 17.3 Å². The number of carbonyl (C=O) groups is 1. The molecule has 1 aromatic heterocycles. The Morgan fingerprint density at radius 1 is 0.848 bits per heavy atom. The number of rotatable bonds is 6. The van der Waals surface area contributed by atoms with Crippen molar-refractivity contribution in [3.63, 3.8) is 0 Å². The van der Waals surface area contributed by atoms with E-state index in [4.69, 9.17) is 4.74 Å². The van der Waals surface area contributed by atoms with Gasteiger partial charge in [-0.05, 0) is 24.3 Å². The van der Waals surface area contributed by atoms with E-state index in [0.717, 1.165) is 5.56 Å². The fraction of sp³-hybridized carbons (Fsp3) is 0.190. The van der Waals surface area contributed by atoms with Crippen LogP contribution in [0.2, 0.25) is 0 Å². The Morgan fingerprint density at radius 2 is 1.48 bits per heavy atom. The molecule has 0 atom stereocenters. The molecule has 0 aliphatic heterocycles. The molecule has 12 heteroatoms. The molecule has 0 saturated carbocycles. The maximum absolute atomic E-state index is 12.9. The molecule has 0 radical (unpaired) electrons. The molecule has 2 aromatic carbocycles. The largest absolute Gasteiger partial charge is 0.475 e. The summed E-state index contributed by atoms with van der Waals surface area (Å²) in [7, 11) is 0. The number of hydrogen-bond donors (Lipinski definition) is 2. The lowest BCUT2D eigenvalue weighted by molar-refractivity contribution is -0.143. The molecule has 33 heavy (non-hydrogen) atoms. The highest BCUT2D eigenvalue weighted by Gasteiger charge is 2.37. The predicted octanol–water partition coefficient (Wildman–Crippen LogP) is 5.38. The predicted molar refractivity (Wildman–Crippen MR) is 106 cm³/mol. The standard InChI is InChI=1S/C21H16F6N4O2/c22-20(23,24)14-10-15(21(25,26)27)12-16(11-14)29-19(32)28-8-9-33-18-7-6-17(30-31-18)13-4-2-1-3-5-13/h1-7,10-12H,8-9H2,(H2,28,29,32). The van der Waals surface area contributed by atoms with Crippen molar-refractivity contribution >= 4 is 11.7 Å². The molecule has 6 nitrogen and oxygen atoms in total. The van der Waals surface area contributed by atoms with Gasteiger partial charge in [-0.3, -0.25) is 0 Å². The first-order valence-corrected chi connectivity index (χ1v) is 9.39. The van der Waals surface area contributed by atoms with Gasteiger partial charge >= 0.3 is 18.4 Å². The number of aromatic nitrogens is 2. The van der Waals surface area contributed by atoms with Gasteiger partial charge in [0.1, 0.15) is 6.61 Å². The van der Waals surface area contributed by atoms with Crippen LogP contribution in [0.3, 0.4) is 0 Å². The third-order valence-corrected chi connectivity index (χ3v) is 4.19. The van der Waals surface area contributed by atoms with Crippen LogP contribution in [-0.4, -0.2) is 29.4 Å². The van der Waals surface area contributed by atoms with E-state index in [1.807, 2.05) is 35.6 Å². The number of urea groups is 1. The van der Waals surface area contributed by atoms with Gasteiger partial charge in [0.05, 0.1) is 23.4 Å². The Labute approximate surface area is 183 Å². The molecule has 0 fully saturated rings. The van der Waals surface area contributed by atoms with Crippen LogP contribution >= 0.6 is 0 Å². The molecule has 0 spiro atoms. The third-order valence-electron chi connectivity index (χ3n) is 4.19. The molecule has 0 saturated heterocycles. The summed E-state index contributed by atoms with van der Waals surface area (Å²) < 4.78 is 82.6. The highest BCUT2D eigenvalue weighted by atomic mass is 19.4. The fourth-order valence-corrected chi connectivity index (χ4v) is 2.68. The number of nitrogens with zero attached hydrogens (tertiary/aromatic N) is 2. The van der Waals surface area contributed by atoms with Gasteiger partial charge in [-0.15, -0.1) is 10.2 Å². The Balaban J connectivity index is 1.52. The quantitative estimate of drug-likeness (QED) is 0.375. The molecule has 3 aromatic rings. The van der Waals surface area contributed by atoms with Gasteiger partial charge in [0.15, 0.2) is 0 Å². The van der Waals surface area contributed by atoms with Gasteiger partial charge in [-0.25, -0.2) is 4.79 Å². The first-order chi connectivity index (χ1) is 15.5. The van der Waals surface area contributed by atoms with Crippen LogP contribution in [0.1, 0.15) is 11.1 Å². The van der Waals surface area contributed by atoms with Crippen LogP contribution in [0, 0.1) is 0 Å². The van der Waals surface area contributed by atoms with Crippen molar-refractivity contribution in [1.82, 2.24) is 15.5 Å². The number of carbonyl (C=O) groups excluding carboxylic acids is 1. The van der Waals surface area contributed by atoms with Crippen LogP contribution < -0.4 is 15.4 Å². The second kappa shape index (κ2) is 9.76. The molecule has 2 amide bonds. The minimum atomic E-state index is -5.01. The van der Waals surface area contributed by atoms with Gasteiger partial charge in [0.25, 0.3) is 0 Å². The van der Waals surface area contributed by atoms with E-state index in [1.54, 1.807) is 12.1 Å². The number of nitrogens with one attached hydrogen (secondary N) is 2. The number of halogens is 6. The summed E-state index contributed by atoms with van der Waals surface area (Å²) in [5.74, 6) is 0.171. The Kier molecular flexibility index (Phi) is 7.04. The summed E-state index contributed by atoms with van der Waals surface area (Å²) in [5.41, 5.74) is -2.24. The van der Waals surface area contributed by atoms with Crippen molar-refractivity contribution in [3.8, 4) is 17.1 Å². The fourth-order valence-electron chi connectivity index (χ4n) is 2.68. The lowest BCUT2D eigenvalue weighted by Gasteiger charge is -2.15. The zero-order chi connectivity index (χ0) is 24.1. The monoisotopic (exact) mass is 470 g/mol. The molecule has 0 bridgehead atoms. The summed E-state index contributed by atoms with van der Waals surface area (Å²) >= 11 is 0. The Bertz CT molecular complexity index is 1050. The Morgan fingerprint density at radius 3 is 2.03 bits per heavy atom. The van der Waals surface area contributed by atoms with E-state index < -0.39 is 35.2 Å². The van der Waals surface area contributed by atoms with Gasteiger partial charge in [-0.2, -0.15) is 26.3 Å². The number of amides is 2. The normalized spacial score (nSPS) is 11.7. The molecular weight excluding hydrogens is 454 g/mol. The smallest absolute Gasteiger partial charge is 0.416 e. The summed E-state index contributed by atoms with van der Waals surface area (Å²) in [5, 5.41) is 12.1. The first-order valence-electron chi connectivity index (χ1n) is 9.39. The van der Waals surface area contributed by atoms with Crippen LogP contribution in [0.4, 0.5) is 36.8 Å². The van der Waals surface area contributed by atoms with Gasteiger partial charge < -0.3 is 15.4 Å². The van der Waals surface area contributed by atoms with Crippen LogP contribution in [0.25, 0.3) is 11.3 Å². The SMILES string of the molecule is O=C(NCCOc1ccc(-c2ccccc2)nn1)Nc1cc(C(F)(F)F)cc(C(F)(F)F)c1. The zero-order valence-electron chi connectivity index (χ0n) is 16.7. The second-order valence-corrected chi connectivity index (χ2v) is 6.65. The van der Waals surface area contributed by atoms with Crippen molar-refractivity contribution < 1.29 is 35.9 Å². The molecule has 0 unspecified atom stereocenters. The first kappa shape index (κ1) is 23.8. The number of alkyl halides is 6. The van der Waals surface area contributed by atoms with E-state index in [9.17, 15) is 31.1 Å². The highest BCUT2D eigenvalue weighted by Crippen LogP contribution is 2.37. The van der Waals surface area contributed by atoms with Gasteiger partial charge in [0.2, 0.25) is 5.88 Å². The van der Waals surface area contributed by atoms with Crippen molar-refractivity contribution in [2.75, 3.05) is 18.5 Å². The molecule has 3 rings (SSSR count). The second-order valence-electron chi connectivity index (χ2n) is 6.65. The number of hydrogen-bond acceptors (Lipinski definition) is 4. The van der Waals surface area contributed by atoms with Crippen LogP contribution in [-0.2, 0) is 12.4 Å². The lowest BCUT2D eigenvalue weighted by Crippen LogP contribution is -2.32. The van der Waals surface area contributed by atoms with Crippen molar-refractivity contribution in [2.24, 2.45) is 0 Å². The highest BCUT2D eigenvalue weighted by molar-refractivity contribution is 5.89. The van der Waals surface area contributed by atoms with E-state index in [-0.39, 0.29) is 25.1 Å². The van der Waals surface area contributed by atoms with Crippen molar-refractivity contribution in [1.29, 1.82) is 0 Å². The van der Waals surface area contributed by atoms with Crippen LogP contribution in [0.15, 0.2) is 60.7 Å². The van der Waals surface area contributed by atoms with E-state index in [2.05, 4.69) is 15.5 Å². The molecule has 0 aliphatic rings. The number of benzene rings is 2. The molecular formula is C21H16F6N4O2. The third kappa shape index (κ3) is 6.82. The average Bonchev–Trinajstić information content (AvgIpc) is 2.76. The van der Waals surface area contributed by atoms with Gasteiger partial charge in [-0.1, -0.05) is 30.3 Å².